The van der Waals surface area contributed by atoms with E-state index in [1.54, 1.807) is 0 Å². The van der Waals surface area contributed by atoms with Gasteiger partial charge >= 0.3 is 0 Å². The number of carbonyl (C=O) groups is 3. The molecule has 10 nitrogen and oxygen atoms in total. The maximum absolute atomic E-state index is 13.5. The van der Waals surface area contributed by atoms with Crippen LogP contribution in [0, 0.1) is 0 Å². The summed E-state index contributed by atoms with van der Waals surface area (Å²) >= 11 is 1.18. The quantitative estimate of drug-likeness (QED) is 0.360. The van der Waals surface area contributed by atoms with Crippen LogP contribution >= 0.6 is 11.8 Å². The summed E-state index contributed by atoms with van der Waals surface area (Å²) in [6, 6.07) is 20.0. The Morgan fingerprint density at radius 3 is 2.63 bits per heavy atom. The molecule has 3 aliphatic heterocycles. The fraction of sp³-hybridized carbons (Fsp3) is 0.281. The van der Waals surface area contributed by atoms with Gasteiger partial charge in [0.2, 0.25) is 18.6 Å². The molecule has 3 aromatic rings. The maximum atomic E-state index is 13.5. The number of hydrogen-bond acceptors (Lipinski definition) is 8. The minimum Gasteiger partial charge on any atom is -0.454 e. The summed E-state index contributed by atoms with van der Waals surface area (Å²) in [5, 5.41) is 6.20. The lowest BCUT2D eigenvalue weighted by Gasteiger charge is -2.25. The third kappa shape index (κ3) is 6.26. The number of thioether (sulfide) groups is 1. The number of fused-ring (bicyclic) bond motifs is 4. The SMILES string of the molecule is CC(C)c1ccc(NC(=O)CSC2=Nc3ccccc3C3=N[C@@H](CCC(=O)NCc4ccc5c(c4)OCO5)C(=O)N23)cc1. The number of aliphatic imine (C=N–C) groups is 2. The smallest absolute Gasteiger partial charge is 0.259 e. The third-order valence-corrected chi connectivity index (χ3v) is 8.25. The van der Waals surface area contributed by atoms with E-state index in [0.29, 0.717) is 46.3 Å². The van der Waals surface area contributed by atoms with E-state index < -0.39 is 6.04 Å². The van der Waals surface area contributed by atoms with Crippen LogP contribution in [0.5, 0.6) is 11.5 Å². The third-order valence-electron chi connectivity index (χ3n) is 7.31. The Hall–Kier alpha value is -4.64. The van der Waals surface area contributed by atoms with Crippen LogP contribution in [0.15, 0.2) is 76.7 Å². The van der Waals surface area contributed by atoms with E-state index in [-0.39, 0.29) is 43.1 Å². The number of amides is 3. The molecule has 0 saturated heterocycles. The zero-order valence-electron chi connectivity index (χ0n) is 23.8. The Kier molecular flexibility index (Phi) is 8.15. The van der Waals surface area contributed by atoms with Gasteiger partial charge < -0.3 is 20.1 Å². The van der Waals surface area contributed by atoms with Crippen molar-refractivity contribution in [1.29, 1.82) is 0 Å². The fourth-order valence-corrected chi connectivity index (χ4v) is 5.77. The molecule has 0 radical (unpaired) electrons. The van der Waals surface area contributed by atoms with E-state index in [1.807, 2.05) is 66.7 Å². The molecule has 0 aliphatic carbocycles. The van der Waals surface area contributed by atoms with E-state index in [4.69, 9.17) is 19.5 Å². The molecule has 3 amide bonds. The fourth-order valence-electron chi connectivity index (χ4n) is 4.97. The first-order chi connectivity index (χ1) is 20.9. The number of nitrogens with zero attached hydrogens (tertiary/aromatic N) is 3. The predicted molar refractivity (Wildman–Crippen MR) is 166 cm³/mol. The van der Waals surface area contributed by atoms with Gasteiger partial charge in [0.1, 0.15) is 11.9 Å². The van der Waals surface area contributed by atoms with Crippen LogP contribution in [0.2, 0.25) is 0 Å². The number of amidine groups is 2. The van der Waals surface area contributed by atoms with Crippen LogP contribution in [0.4, 0.5) is 11.4 Å². The van der Waals surface area contributed by atoms with Crippen LogP contribution in [0.3, 0.4) is 0 Å². The van der Waals surface area contributed by atoms with Gasteiger partial charge in [0.05, 0.1) is 11.4 Å². The molecule has 3 heterocycles. The number of para-hydroxylation sites is 1. The zero-order valence-corrected chi connectivity index (χ0v) is 24.6. The normalized spacial score (nSPS) is 16.4. The number of hydrogen-bond donors (Lipinski definition) is 2. The van der Waals surface area contributed by atoms with Gasteiger partial charge in [-0.25, -0.2) is 9.89 Å². The van der Waals surface area contributed by atoms with E-state index >= 15 is 0 Å². The molecule has 0 bridgehead atoms. The Balaban J connectivity index is 1.07. The second-order valence-corrected chi connectivity index (χ2v) is 11.6. The minimum atomic E-state index is -0.725. The van der Waals surface area contributed by atoms with Crippen LogP contribution in [-0.4, -0.2) is 52.2 Å². The van der Waals surface area contributed by atoms with E-state index in [9.17, 15) is 14.4 Å². The average Bonchev–Trinajstić information content (AvgIpc) is 3.62. The second-order valence-electron chi connectivity index (χ2n) is 10.7. The summed E-state index contributed by atoms with van der Waals surface area (Å²) in [6.07, 6.45) is 0.379. The van der Waals surface area contributed by atoms with E-state index in [1.165, 1.54) is 22.2 Å². The van der Waals surface area contributed by atoms with Crippen molar-refractivity contribution in [2.45, 2.75) is 45.2 Å². The van der Waals surface area contributed by atoms with Crippen molar-refractivity contribution in [2.24, 2.45) is 9.98 Å². The van der Waals surface area contributed by atoms with Gasteiger partial charge in [0.25, 0.3) is 5.91 Å². The second kappa shape index (κ2) is 12.3. The molecular weight excluding hydrogens is 566 g/mol. The van der Waals surface area contributed by atoms with Gasteiger partial charge in [-0.2, -0.15) is 0 Å². The molecule has 0 fully saturated rings. The van der Waals surface area contributed by atoms with Crippen molar-refractivity contribution in [3.05, 3.63) is 83.4 Å². The van der Waals surface area contributed by atoms with Crippen molar-refractivity contribution < 1.29 is 23.9 Å². The highest BCUT2D eigenvalue weighted by Crippen LogP contribution is 2.35. The molecule has 220 valence electrons. The van der Waals surface area contributed by atoms with Gasteiger partial charge in [-0.3, -0.25) is 19.4 Å². The number of benzene rings is 3. The molecular formula is C32H31N5O5S. The van der Waals surface area contributed by atoms with Crippen LogP contribution in [0.25, 0.3) is 0 Å². The molecule has 0 unspecified atom stereocenters. The maximum Gasteiger partial charge on any atom is 0.259 e. The van der Waals surface area contributed by atoms with E-state index in [0.717, 1.165) is 11.1 Å². The highest BCUT2D eigenvalue weighted by molar-refractivity contribution is 8.14. The molecule has 3 aliphatic rings. The highest BCUT2D eigenvalue weighted by Gasteiger charge is 2.41. The van der Waals surface area contributed by atoms with Crippen molar-refractivity contribution in [1.82, 2.24) is 10.2 Å². The number of nitrogens with one attached hydrogen (secondary N) is 2. The lowest BCUT2D eigenvalue weighted by molar-refractivity contribution is -0.125. The monoisotopic (exact) mass is 597 g/mol. The molecule has 2 N–H and O–H groups in total. The standard InChI is InChI=1S/C32H31N5O5S/c1-19(2)21-8-10-22(11-9-21)34-29(39)17-43-32-36-24-6-4-3-5-23(24)30-35-25(31(40)37(30)32)12-14-28(38)33-16-20-7-13-26-27(15-20)42-18-41-26/h3-11,13,15,19,25H,12,14,16-18H2,1-2H3,(H,33,38)(H,34,39)/t25-/m0/s1. The first-order valence-electron chi connectivity index (χ1n) is 14.1. The van der Waals surface area contributed by atoms with Crippen LogP contribution in [-0.2, 0) is 20.9 Å². The first kappa shape index (κ1) is 28.5. The van der Waals surface area contributed by atoms with Crippen LogP contribution in [0.1, 0.15) is 49.3 Å². The number of carbonyl (C=O) groups excluding carboxylic acids is 3. The van der Waals surface area contributed by atoms with Crippen LogP contribution < -0.4 is 20.1 Å². The van der Waals surface area contributed by atoms with Crippen molar-refractivity contribution in [3.8, 4) is 11.5 Å². The van der Waals surface area contributed by atoms with Gasteiger partial charge in [-0.15, -0.1) is 0 Å². The topological polar surface area (TPSA) is 122 Å². The Morgan fingerprint density at radius 2 is 1.81 bits per heavy atom. The van der Waals surface area contributed by atoms with Crippen molar-refractivity contribution in [2.75, 3.05) is 17.9 Å². The Bertz CT molecular complexity index is 1640. The summed E-state index contributed by atoms with van der Waals surface area (Å²) in [4.78, 5) is 49.9. The number of rotatable bonds is 9. The molecule has 0 saturated carbocycles. The summed E-state index contributed by atoms with van der Waals surface area (Å²) in [5.41, 5.74) is 4.21. The summed E-state index contributed by atoms with van der Waals surface area (Å²) in [5.74, 6) is 1.66. The van der Waals surface area contributed by atoms with Crippen molar-refractivity contribution >= 4 is 51.9 Å². The number of ether oxygens (including phenoxy) is 2. The lowest BCUT2D eigenvalue weighted by Crippen LogP contribution is -2.41. The average molecular weight is 598 g/mol. The first-order valence-corrected chi connectivity index (χ1v) is 15.1. The van der Waals surface area contributed by atoms with Crippen molar-refractivity contribution in [3.63, 3.8) is 0 Å². The molecule has 6 rings (SSSR count). The minimum absolute atomic E-state index is 0.0664. The largest absolute Gasteiger partial charge is 0.454 e. The molecule has 0 spiro atoms. The molecule has 0 aromatic heterocycles. The summed E-state index contributed by atoms with van der Waals surface area (Å²) in [7, 11) is 0. The highest BCUT2D eigenvalue weighted by atomic mass is 32.2. The molecule has 1 atom stereocenters. The zero-order chi connectivity index (χ0) is 29.9. The molecule has 3 aromatic carbocycles. The van der Waals surface area contributed by atoms with Gasteiger partial charge in [0, 0.05) is 24.2 Å². The Morgan fingerprint density at radius 1 is 1.02 bits per heavy atom. The molecule has 11 heteroatoms. The lowest BCUT2D eigenvalue weighted by atomic mass is 10.0. The summed E-state index contributed by atoms with van der Waals surface area (Å²) in [6.45, 7) is 4.76. The summed E-state index contributed by atoms with van der Waals surface area (Å²) < 4.78 is 10.7. The number of anilines is 1. The van der Waals surface area contributed by atoms with E-state index in [2.05, 4.69) is 24.5 Å². The van der Waals surface area contributed by atoms with Gasteiger partial charge in [-0.1, -0.05) is 55.9 Å². The van der Waals surface area contributed by atoms with Gasteiger partial charge in [0.15, 0.2) is 16.7 Å². The molecule has 43 heavy (non-hydrogen) atoms. The Labute approximate surface area is 253 Å². The van der Waals surface area contributed by atoms with Gasteiger partial charge in [-0.05, 0) is 59.9 Å². The predicted octanol–water partition coefficient (Wildman–Crippen LogP) is 4.97.